The molecule has 0 aliphatic rings. The van der Waals surface area contributed by atoms with Gasteiger partial charge in [-0.3, -0.25) is 4.79 Å². The summed E-state index contributed by atoms with van der Waals surface area (Å²) in [5.74, 6) is 0.512. The Morgan fingerprint density at radius 1 is 1.11 bits per heavy atom. The molecule has 8 nitrogen and oxygen atoms in total. The SMILES string of the molecule is Cc1[nH]c([C@H](Cc2ccccc2)NC(=O)NCc2ccc(Cl)s2)nc1-c1ccc2[nH]c(=O)cc(O)c2c1. The number of imidazole rings is 1. The van der Waals surface area contributed by atoms with Gasteiger partial charge in [0.15, 0.2) is 0 Å². The number of aromatic hydroxyl groups is 1. The van der Waals surface area contributed by atoms with E-state index in [-0.39, 0.29) is 17.3 Å². The number of thiophene rings is 1. The Kier molecular flexibility index (Phi) is 6.98. The van der Waals surface area contributed by atoms with E-state index in [1.165, 1.54) is 11.3 Å². The van der Waals surface area contributed by atoms with Gasteiger partial charge in [0, 0.05) is 27.6 Å². The van der Waals surface area contributed by atoms with Crippen molar-refractivity contribution in [3.63, 3.8) is 0 Å². The smallest absolute Gasteiger partial charge is 0.315 e. The molecule has 2 aromatic carbocycles. The molecular formula is C27H24ClN5O3S. The fourth-order valence-corrected chi connectivity index (χ4v) is 5.23. The quantitative estimate of drug-likeness (QED) is 0.191. The number of nitrogens with zero attached hydrogens (tertiary/aromatic N) is 1. The monoisotopic (exact) mass is 533 g/mol. The summed E-state index contributed by atoms with van der Waals surface area (Å²) in [6.45, 7) is 2.27. The number of benzene rings is 2. The number of carbonyl (C=O) groups excluding carboxylic acids is 1. The number of H-pyrrole nitrogens is 2. The summed E-state index contributed by atoms with van der Waals surface area (Å²) in [6, 6.07) is 19.3. The molecule has 2 amide bonds. The van der Waals surface area contributed by atoms with E-state index in [0.717, 1.165) is 27.8 Å². The Morgan fingerprint density at radius 3 is 2.68 bits per heavy atom. The number of hydrogen-bond donors (Lipinski definition) is 5. The first-order chi connectivity index (χ1) is 17.9. The predicted molar refractivity (Wildman–Crippen MR) is 146 cm³/mol. The minimum absolute atomic E-state index is 0.0960. The zero-order valence-corrected chi connectivity index (χ0v) is 21.4. The number of fused-ring (bicyclic) bond motifs is 1. The predicted octanol–water partition coefficient (Wildman–Crippen LogP) is 5.43. The van der Waals surface area contributed by atoms with Crippen molar-refractivity contribution < 1.29 is 9.90 Å². The van der Waals surface area contributed by atoms with E-state index in [0.29, 0.717) is 39.7 Å². The van der Waals surface area contributed by atoms with Crippen molar-refractivity contribution in [1.82, 2.24) is 25.6 Å². The molecule has 5 N–H and O–H groups in total. The molecule has 0 radical (unpaired) electrons. The van der Waals surface area contributed by atoms with Gasteiger partial charge in [-0.2, -0.15) is 0 Å². The minimum Gasteiger partial charge on any atom is -0.507 e. The third kappa shape index (κ3) is 5.68. The van der Waals surface area contributed by atoms with E-state index < -0.39 is 6.04 Å². The number of hydrogen-bond acceptors (Lipinski definition) is 5. The largest absolute Gasteiger partial charge is 0.507 e. The van der Waals surface area contributed by atoms with Crippen LogP contribution in [-0.2, 0) is 13.0 Å². The maximum Gasteiger partial charge on any atom is 0.315 e. The van der Waals surface area contributed by atoms with Crippen LogP contribution in [0, 0.1) is 6.92 Å². The molecule has 0 fully saturated rings. The van der Waals surface area contributed by atoms with E-state index in [9.17, 15) is 14.7 Å². The Bertz CT molecular complexity index is 1630. The molecule has 5 aromatic rings. The lowest BCUT2D eigenvalue weighted by Crippen LogP contribution is -2.38. The molecule has 37 heavy (non-hydrogen) atoms. The van der Waals surface area contributed by atoms with E-state index in [1.807, 2.05) is 49.4 Å². The first-order valence-electron chi connectivity index (χ1n) is 11.6. The van der Waals surface area contributed by atoms with Gasteiger partial charge in [-0.05, 0) is 43.2 Å². The van der Waals surface area contributed by atoms with Crippen LogP contribution in [0.25, 0.3) is 22.2 Å². The van der Waals surface area contributed by atoms with Crippen LogP contribution in [0.1, 0.15) is 28.0 Å². The van der Waals surface area contributed by atoms with Crippen LogP contribution >= 0.6 is 22.9 Å². The topological polar surface area (TPSA) is 123 Å². The van der Waals surface area contributed by atoms with E-state index in [2.05, 4.69) is 20.6 Å². The Labute approximate surface area is 221 Å². The summed E-state index contributed by atoms with van der Waals surface area (Å²) in [7, 11) is 0. The lowest BCUT2D eigenvalue weighted by Gasteiger charge is -2.17. The van der Waals surface area contributed by atoms with E-state index in [1.54, 1.807) is 18.2 Å². The van der Waals surface area contributed by atoms with Gasteiger partial charge in [0.1, 0.15) is 11.6 Å². The van der Waals surface area contributed by atoms with Gasteiger partial charge in [-0.1, -0.05) is 48.0 Å². The second-order valence-electron chi connectivity index (χ2n) is 8.65. The molecule has 10 heteroatoms. The number of rotatable bonds is 7. The number of aromatic nitrogens is 3. The number of halogens is 1. The van der Waals surface area contributed by atoms with Gasteiger partial charge < -0.3 is 25.7 Å². The molecule has 0 spiro atoms. The van der Waals surface area contributed by atoms with Crippen molar-refractivity contribution in [3.8, 4) is 17.0 Å². The van der Waals surface area contributed by atoms with Gasteiger partial charge in [0.05, 0.1) is 28.1 Å². The highest BCUT2D eigenvalue weighted by Crippen LogP contribution is 2.30. The fourth-order valence-electron chi connectivity index (χ4n) is 4.20. The van der Waals surface area contributed by atoms with Gasteiger partial charge in [0.25, 0.3) is 5.56 Å². The van der Waals surface area contributed by atoms with Gasteiger partial charge in [-0.25, -0.2) is 9.78 Å². The molecule has 0 aliphatic carbocycles. The number of pyridine rings is 1. The van der Waals surface area contributed by atoms with Crippen molar-refractivity contribution in [2.75, 3.05) is 0 Å². The number of nitrogens with one attached hydrogen (secondary N) is 4. The summed E-state index contributed by atoms with van der Waals surface area (Å²) in [4.78, 5) is 36.3. The summed E-state index contributed by atoms with van der Waals surface area (Å²) >= 11 is 7.41. The van der Waals surface area contributed by atoms with Crippen molar-refractivity contribution in [3.05, 3.63) is 103 Å². The molecule has 5 rings (SSSR count). The van der Waals surface area contributed by atoms with Crippen molar-refractivity contribution in [1.29, 1.82) is 0 Å². The van der Waals surface area contributed by atoms with Crippen LogP contribution < -0.4 is 16.2 Å². The Hall–Kier alpha value is -4.08. The Morgan fingerprint density at radius 2 is 1.92 bits per heavy atom. The van der Waals surface area contributed by atoms with Gasteiger partial charge in [0.2, 0.25) is 0 Å². The third-order valence-corrected chi connectivity index (χ3v) is 7.20. The highest BCUT2D eigenvalue weighted by Gasteiger charge is 2.21. The van der Waals surface area contributed by atoms with Crippen LogP contribution in [0.2, 0.25) is 4.34 Å². The molecule has 0 saturated carbocycles. The van der Waals surface area contributed by atoms with Crippen LogP contribution in [0.15, 0.2) is 71.5 Å². The van der Waals surface area contributed by atoms with Gasteiger partial charge >= 0.3 is 6.03 Å². The van der Waals surface area contributed by atoms with Crippen LogP contribution in [0.5, 0.6) is 5.75 Å². The molecule has 1 atom stereocenters. The molecule has 0 saturated heterocycles. The molecule has 0 unspecified atom stereocenters. The first-order valence-corrected chi connectivity index (χ1v) is 12.8. The second kappa shape index (κ2) is 10.5. The Balaban J connectivity index is 1.42. The number of urea groups is 1. The molecular weight excluding hydrogens is 510 g/mol. The van der Waals surface area contributed by atoms with Crippen molar-refractivity contribution in [2.24, 2.45) is 0 Å². The van der Waals surface area contributed by atoms with Crippen molar-refractivity contribution >= 4 is 39.9 Å². The number of aryl methyl sites for hydroxylation is 1. The average molecular weight is 534 g/mol. The highest BCUT2D eigenvalue weighted by molar-refractivity contribution is 7.16. The summed E-state index contributed by atoms with van der Waals surface area (Å²) in [5.41, 5.74) is 3.49. The van der Waals surface area contributed by atoms with E-state index in [4.69, 9.17) is 16.6 Å². The van der Waals surface area contributed by atoms with Gasteiger partial charge in [-0.15, -0.1) is 11.3 Å². The molecule has 0 bridgehead atoms. The van der Waals surface area contributed by atoms with Crippen molar-refractivity contribution in [2.45, 2.75) is 25.9 Å². The zero-order chi connectivity index (χ0) is 25.9. The minimum atomic E-state index is -0.424. The highest BCUT2D eigenvalue weighted by atomic mass is 35.5. The third-order valence-electron chi connectivity index (χ3n) is 5.97. The standard InChI is InChI=1S/C27H24ClN5O3S/c1-15-25(17-7-9-20-19(12-17)22(34)13-24(35)31-20)33-26(30-15)21(11-16-5-3-2-4-6-16)32-27(36)29-14-18-8-10-23(28)37-18/h2-10,12-13,21H,11,14H2,1H3,(H,30,33)(H2,29,32,36)(H2,31,34,35)/t21-/m0/s1. The lowest BCUT2D eigenvalue weighted by atomic mass is 10.1. The number of aromatic amines is 2. The molecule has 188 valence electrons. The van der Waals surface area contributed by atoms with Crippen LogP contribution in [0.4, 0.5) is 4.79 Å². The number of amides is 2. The molecule has 3 heterocycles. The maximum atomic E-state index is 12.8. The number of carbonyl (C=O) groups is 1. The maximum absolute atomic E-state index is 12.8. The normalized spacial score (nSPS) is 11.9. The average Bonchev–Trinajstić information content (AvgIpc) is 3.48. The molecule has 0 aliphatic heterocycles. The summed E-state index contributed by atoms with van der Waals surface area (Å²) in [6.07, 6.45) is 0.533. The summed E-state index contributed by atoms with van der Waals surface area (Å²) in [5, 5.41) is 16.7. The molecule has 3 aromatic heterocycles. The first kappa shape index (κ1) is 24.6. The zero-order valence-electron chi connectivity index (χ0n) is 19.8. The van der Waals surface area contributed by atoms with Crippen LogP contribution in [0.3, 0.4) is 0 Å². The van der Waals surface area contributed by atoms with Crippen LogP contribution in [-0.4, -0.2) is 26.1 Å². The lowest BCUT2D eigenvalue weighted by molar-refractivity contribution is 0.236. The fraction of sp³-hybridized carbons (Fsp3) is 0.148. The van der Waals surface area contributed by atoms with E-state index >= 15 is 0 Å². The second-order valence-corrected chi connectivity index (χ2v) is 10.4. The summed E-state index contributed by atoms with van der Waals surface area (Å²) < 4.78 is 0.672.